The van der Waals surface area contributed by atoms with Gasteiger partial charge in [0.05, 0.1) is 4.92 Å². The molecular formula is C9H4ClFN4O3S. The summed E-state index contributed by atoms with van der Waals surface area (Å²) in [5.74, 6) is -1.74. The lowest BCUT2D eigenvalue weighted by atomic mass is 10.2. The van der Waals surface area contributed by atoms with Gasteiger partial charge in [-0.3, -0.25) is 14.9 Å². The summed E-state index contributed by atoms with van der Waals surface area (Å²) in [5, 5.41) is 19.6. The first kappa shape index (κ1) is 13.3. The molecule has 7 nitrogen and oxygen atoms in total. The Morgan fingerprint density at radius 1 is 1.47 bits per heavy atom. The van der Waals surface area contributed by atoms with Gasteiger partial charge in [0.25, 0.3) is 11.6 Å². The Morgan fingerprint density at radius 3 is 2.79 bits per heavy atom. The van der Waals surface area contributed by atoms with Crippen LogP contribution in [0.15, 0.2) is 18.2 Å². The number of halogens is 2. The summed E-state index contributed by atoms with van der Waals surface area (Å²) in [5.41, 5.74) is -1.08. The largest absolute Gasteiger partial charge is 0.312 e. The van der Waals surface area contributed by atoms with Gasteiger partial charge in [0.15, 0.2) is 11.5 Å². The Morgan fingerprint density at radius 2 is 2.21 bits per heavy atom. The number of nitro benzene ring substituents is 1. The fourth-order valence-corrected chi connectivity index (χ4v) is 1.98. The van der Waals surface area contributed by atoms with E-state index >= 15 is 0 Å². The SMILES string of the molecule is O=C(Nc1c(F)cccc1[N+](=O)[O-])c1nnc(Cl)s1. The molecule has 0 atom stereocenters. The van der Waals surface area contributed by atoms with Gasteiger partial charge in [0, 0.05) is 6.07 Å². The van der Waals surface area contributed by atoms with Crippen molar-refractivity contribution >= 4 is 40.2 Å². The third-order valence-corrected chi connectivity index (χ3v) is 3.04. The molecule has 0 aliphatic heterocycles. The number of rotatable bonds is 3. The number of benzene rings is 1. The normalized spacial score (nSPS) is 10.2. The molecule has 0 unspecified atom stereocenters. The van der Waals surface area contributed by atoms with E-state index < -0.39 is 28.0 Å². The quantitative estimate of drug-likeness (QED) is 0.694. The summed E-state index contributed by atoms with van der Waals surface area (Å²) in [7, 11) is 0. The summed E-state index contributed by atoms with van der Waals surface area (Å²) in [6.45, 7) is 0. The van der Waals surface area contributed by atoms with Crippen LogP contribution < -0.4 is 5.32 Å². The van der Waals surface area contributed by atoms with Crippen molar-refractivity contribution in [2.24, 2.45) is 0 Å². The summed E-state index contributed by atoms with van der Waals surface area (Å²) in [6.07, 6.45) is 0. The molecule has 1 aromatic heterocycles. The van der Waals surface area contributed by atoms with E-state index in [1.165, 1.54) is 6.07 Å². The van der Waals surface area contributed by atoms with E-state index in [0.29, 0.717) is 0 Å². The first-order chi connectivity index (χ1) is 8.99. The third kappa shape index (κ3) is 2.83. The van der Waals surface area contributed by atoms with Crippen LogP contribution in [-0.4, -0.2) is 21.0 Å². The van der Waals surface area contributed by atoms with E-state index in [0.717, 1.165) is 23.5 Å². The van der Waals surface area contributed by atoms with Crippen LogP contribution in [0.5, 0.6) is 0 Å². The van der Waals surface area contributed by atoms with Crippen molar-refractivity contribution in [2.45, 2.75) is 0 Å². The Balaban J connectivity index is 2.33. The van der Waals surface area contributed by atoms with Crippen LogP contribution in [-0.2, 0) is 0 Å². The molecule has 0 radical (unpaired) electrons. The predicted molar refractivity (Wildman–Crippen MR) is 65.9 cm³/mol. The zero-order chi connectivity index (χ0) is 14.0. The fourth-order valence-electron chi connectivity index (χ4n) is 1.25. The number of amides is 1. The highest BCUT2D eigenvalue weighted by molar-refractivity contribution is 7.17. The molecule has 0 saturated carbocycles. The molecule has 0 bridgehead atoms. The van der Waals surface area contributed by atoms with E-state index in [-0.39, 0.29) is 9.47 Å². The molecule has 0 fully saturated rings. The molecule has 1 heterocycles. The molecule has 2 rings (SSSR count). The molecule has 0 aliphatic rings. The van der Waals surface area contributed by atoms with Crippen LogP contribution >= 0.6 is 22.9 Å². The Kier molecular flexibility index (Phi) is 3.67. The molecule has 1 aromatic carbocycles. The second-order valence-electron chi connectivity index (χ2n) is 3.21. The van der Waals surface area contributed by atoms with Crippen molar-refractivity contribution < 1.29 is 14.1 Å². The average molecular weight is 303 g/mol. The van der Waals surface area contributed by atoms with E-state index in [9.17, 15) is 19.3 Å². The lowest BCUT2D eigenvalue weighted by Crippen LogP contribution is -2.14. The Hall–Kier alpha value is -2.13. The minimum Gasteiger partial charge on any atom is -0.312 e. The van der Waals surface area contributed by atoms with E-state index in [1.54, 1.807) is 0 Å². The van der Waals surface area contributed by atoms with Gasteiger partial charge in [-0.15, -0.1) is 10.2 Å². The van der Waals surface area contributed by atoms with Gasteiger partial charge in [0.1, 0.15) is 0 Å². The van der Waals surface area contributed by atoms with Crippen LogP contribution in [0.1, 0.15) is 9.80 Å². The highest BCUT2D eigenvalue weighted by Gasteiger charge is 2.22. The van der Waals surface area contributed by atoms with Crippen molar-refractivity contribution in [3.05, 3.63) is 43.6 Å². The van der Waals surface area contributed by atoms with Crippen LogP contribution in [0.4, 0.5) is 15.8 Å². The lowest BCUT2D eigenvalue weighted by Gasteiger charge is -2.04. The Labute approximate surface area is 114 Å². The second-order valence-corrected chi connectivity index (χ2v) is 4.77. The summed E-state index contributed by atoms with van der Waals surface area (Å²) in [4.78, 5) is 21.6. The number of aromatic nitrogens is 2. The number of anilines is 1. The molecule has 1 amide bonds. The second kappa shape index (κ2) is 5.24. The zero-order valence-corrected chi connectivity index (χ0v) is 10.5. The Bertz CT molecular complexity index is 663. The molecule has 0 saturated heterocycles. The summed E-state index contributed by atoms with van der Waals surface area (Å²) >= 11 is 6.28. The average Bonchev–Trinajstić information content (AvgIpc) is 2.78. The van der Waals surface area contributed by atoms with Gasteiger partial charge >= 0.3 is 0 Å². The molecular weight excluding hydrogens is 299 g/mol. The van der Waals surface area contributed by atoms with Crippen molar-refractivity contribution in [1.82, 2.24) is 10.2 Å². The molecule has 0 spiro atoms. The van der Waals surface area contributed by atoms with Crippen molar-refractivity contribution in [1.29, 1.82) is 0 Å². The monoisotopic (exact) mass is 302 g/mol. The molecule has 1 N–H and O–H groups in total. The number of hydrogen-bond acceptors (Lipinski definition) is 6. The van der Waals surface area contributed by atoms with Gasteiger partial charge in [-0.1, -0.05) is 17.4 Å². The molecule has 98 valence electrons. The van der Waals surface area contributed by atoms with Gasteiger partial charge in [-0.25, -0.2) is 4.39 Å². The van der Waals surface area contributed by atoms with Crippen molar-refractivity contribution in [2.75, 3.05) is 5.32 Å². The predicted octanol–water partition coefficient (Wildman–Crippen LogP) is 2.49. The zero-order valence-electron chi connectivity index (χ0n) is 8.96. The maximum absolute atomic E-state index is 13.5. The highest BCUT2D eigenvalue weighted by Crippen LogP contribution is 2.28. The van der Waals surface area contributed by atoms with Crippen LogP contribution in [0, 0.1) is 15.9 Å². The summed E-state index contributed by atoms with van der Waals surface area (Å²) < 4.78 is 13.5. The number of para-hydroxylation sites is 1. The first-order valence-corrected chi connectivity index (χ1v) is 5.91. The molecule has 10 heteroatoms. The van der Waals surface area contributed by atoms with Gasteiger partial charge < -0.3 is 5.32 Å². The molecule has 2 aromatic rings. The fraction of sp³-hybridized carbons (Fsp3) is 0. The number of hydrogen-bond donors (Lipinski definition) is 1. The smallest absolute Gasteiger partial charge is 0.295 e. The number of carbonyl (C=O) groups excluding carboxylic acids is 1. The lowest BCUT2D eigenvalue weighted by molar-refractivity contribution is -0.384. The van der Waals surface area contributed by atoms with Crippen LogP contribution in [0.25, 0.3) is 0 Å². The number of nitrogens with one attached hydrogen (secondary N) is 1. The van der Waals surface area contributed by atoms with Crippen molar-refractivity contribution in [3.63, 3.8) is 0 Å². The highest BCUT2D eigenvalue weighted by atomic mass is 35.5. The standard InChI is InChI=1S/C9H4ClFN4O3S/c10-9-14-13-8(19-9)7(16)12-6-4(11)2-1-3-5(6)15(17)18/h1-3H,(H,12,16). The van der Waals surface area contributed by atoms with E-state index in [4.69, 9.17) is 11.6 Å². The third-order valence-electron chi connectivity index (χ3n) is 2.02. The number of nitrogens with zero attached hydrogens (tertiary/aromatic N) is 3. The number of carbonyl (C=O) groups is 1. The van der Waals surface area contributed by atoms with Gasteiger partial charge in [-0.05, 0) is 17.7 Å². The maximum atomic E-state index is 13.5. The topological polar surface area (TPSA) is 98.0 Å². The number of nitro groups is 1. The minimum absolute atomic E-state index is 0.0354. The van der Waals surface area contributed by atoms with Crippen molar-refractivity contribution in [3.8, 4) is 0 Å². The maximum Gasteiger partial charge on any atom is 0.295 e. The minimum atomic E-state index is -0.918. The summed E-state index contributed by atoms with van der Waals surface area (Å²) in [6, 6.07) is 3.24. The van der Waals surface area contributed by atoms with E-state index in [1.807, 2.05) is 0 Å². The molecule has 19 heavy (non-hydrogen) atoms. The van der Waals surface area contributed by atoms with Crippen LogP contribution in [0.2, 0.25) is 4.47 Å². The van der Waals surface area contributed by atoms with Gasteiger partial charge in [0.2, 0.25) is 9.47 Å². The molecule has 0 aliphatic carbocycles. The van der Waals surface area contributed by atoms with E-state index in [2.05, 4.69) is 15.5 Å². The first-order valence-electron chi connectivity index (χ1n) is 4.72. The van der Waals surface area contributed by atoms with Gasteiger partial charge in [-0.2, -0.15) is 0 Å². The van der Waals surface area contributed by atoms with Crippen LogP contribution in [0.3, 0.4) is 0 Å².